The summed E-state index contributed by atoms with van der Waals surface area (Å²) in [4.78, 5) is 0. The zero-order valence-electron chi connectivity index (χ0n) is 6.81. The Morgan fingerprint density at radius 3 is 3.00 bits per heavy atom. The highest BCUT2D eigenvalue weighted by atomic mass is 35.5. The summed E-state index contributed by atoms with van der Waals surface area (Å²) in [6.07, 6.45) is 11.9. The third-order valence-corrected chi connectivity index (χ3v) is 1.92. The molecule has 11 heavy (non-hydrogen) atoms. The Bertz CT molecular complexity index is 209. The molecule has 0 aromatic heterocycles. The van der Waals surface area contributed by atoms with Crippen molar-refractivity contribution in [3.8, 4) is 0 Å². The van der Waals surface area contributed by atoms with Gasteiger partial charge in [-0.1, -0.05) is 29.3 Å². The monoisotopic (exact) mass is 168 g/mol. The summed E-state index contributed by atoms with van der Waals surface area (Å²) < 4.78 is 0. The number of hydrogen-bond donors (Lipinski definition) is 0. The van der Waals surface area contributed by atoms with Crippen molar-refractivity contribution in [3.63, 3.8) is 0 Å². The maximum Gasteiger partial charge on any atom is 0.0405 e. The second-order valence-electron chi connectivity index (χ2n) is 2.81. The second-order valence-corrected chi connectivity index (χ2v) is 3.25. The van der Waals surface area contributed by atoms with E-state index in [0.29, 0.717) is 0 Å². The molecule has 0 saturated heterocycles. The molecule has 0 amide bonds. The number of allylic oxidation sites excluding steroid dienone is 6. The van der Waals surface area contributed by atoms with Crippen molar-refractivity contribution >= 4 is 11.6 Å². The largest absolute Gasteiger partial charge is 0.0843 e. The van der Waals surface area contributed by atoms with E-state index in [-0.39, 0.29) is 0 Å². The maximum atomic E-state index is 5.89. The van der Waals surface area contributed by atoms with Crippen LogP contribution in [0.1, 0.15) is 26.2 Å². The fourth-order valence-electron chi connectivity index (χ4n) is 1.09. The highest BCUT2D eigenvalue weighted by Crippen LogP contribution is 2.13. The molecule has 0 heterocycles. The second kappa shape index (κ2) is 4.40. The van der Waals surface area contributed by atoms with Crippen molar-refractivity contribution in [1.29, 1.82) is 0 Å². The SMILES string of the molecule is CC1=CCCC/C=C/C(Cl)=C1. The van der Waals surface area contributed by atoms with E-state index in [1.165, 1.54) is 12.0 Å². The number of hydrogen-bond acceptors (Lipinski definition) is 0. The van der Waals surface area contributed by atoms with Crippen LogP contribution in [0.5, 0.6) is 0 Å². The Labute approximate surface area is 73.3 Å². The first-order valence-electron chi connectivity index (χ1n) is 3.99. The zero-order valence-corrected chi connectivity index (χ0v) is 7.56. The topological polar surface area (TPSA) is 0 Å². The van der Waals surface area contributed by atoms with Crippen molar-refractivity contribution in [1.82, 2.24) is 0 Å². The molecule has 0 fully saturated rings. The summed E-state index contributed by atoms with van der Waals surface area (Å²) in [6.45, 7) is 2.08. The molecule has 0 nitrogen and oxygen atoms in total. The van der Waals surface area contributed by atoms with Crippen LogP contribution in [0.4, 0.5) is 0 Å². The van der Waals surface area contributed by atoms with Gasteiger partial charge in [-0.2, -0.15) is 0 Å². The van der Waals surface area contributed by atoms with Crippen LogP contribution >= 0.6 is 11.6 Å². The molecule has 60 valence electrons. The Morgan fingerprint density at radius 1 is 1.36 bits per heavy atom. The van der Waals surface area contributed by atoms with Gasteiger partial charge in [-0.3, -0.25) is 0 Å². The van der Waals surface area contributed by atoms with Gasteiger partial charge < -0.3 is 0 Å². The molecular formula is C10H13Cl. The Morgan fingerprint density at radius 2 is 2.18 bits per heavy atom. The van der Waals surface area contributed by atoms with E-state index < -0.39 is 0 Å². The van der Waals surface area contributed by atoms with Crippen LogP contribution in [0.3, 0.4) is 0 Å². The third-order valence-electron chi connectivity index (χ3n) is 1.68. The molecule has 1 aliphatic rings. The van der Waals surface area contributed by atoms with Gasteiger partial charge in [-0.05, 0) is 38.3 Å². The van der Waals surface area contributed by atoms with Crippen LogP contribution in [0.2, 0.25) is 0 Å². The van der Waals surface area contributed by atoms with Crippen molar-refractivity contribution in [2.24, 2.45) is 0 Å². The molecule has 0 atom stereocenters. The molecule has 1 aliphatic carbocycles. The first kappa shape index (κ1) is 8.61. The number of halogens is 1. The summed E-state index contributed by atoms with van der Waals surface area (Å²) in [5.74, 6) is 0. The summed E-state index contributed by atoms with van der Waals surface area (Å²) in [6, 6.07) is 0. The van der Waals surface area contributed by atoms with Gasteiger partial charge in [-0.15, -0.1) is 0 Å². The molecule has 0 spiro atoms. The fraction of sp³-hybridized carbons (Fsp3) is 0.400. The van der Waals surface area contributed by atoms with E-state index in [9.17, 15) is 0 Å². The Hall–Kier alpha value is -0.490. The average Bonchev–Trinajstić information content (AvgIpc) is 2.02. The van der Waals surface area contributed by atoms with E-state index in [4.69, 9.17) is 11.6 Å². The van der Waals surface area contributed by atoms with Gasteiger partial charge in [0.2, 0.25) is 0 Å². The van der Waals surface area contributed by atoms with Gasteiger partial charge >= 0.3 is 0 Å². The summed E-state index contributed by atoms with van der Waals surface area (Å²) in [7, 11) is 0. The van der Waals surface area contributed by atoms with Gasteiger partial charge in [0.1, 0.15) is 0 Å². The summed E-state index contributed by atoms with van der Waals surface area (Å²) >= 11 is 5.89. The van der Waals surface area contributed by atoms with Gasteiger partial charge in [0.05, 0.1) is 0 Å². The molecule has 0 unspecified atom stereocenters. The molecule has 0 aromatic carbocycles. The number of rotatable bonds is 0. The predicted octanol–water partition coefficient (Wildman–Crippen LogP) is 3.80. The minimum Gasteiger partial charge on any atom is -0.0843 e. The quantitative estimate of drug-likeness (QED) is 0.516. The lowest BCUT2D eigenvalue weighted by molar-refractivity contribution is 0.866. The molecule has 0 radical (unpaired) electrons. The highest BCUT2D eigenvalue weighted by molar-refractivity contribution is 6.31. The molecule has 0 N–H and O–H groups in total. The first-order chi connectivity index (χ1) is 5.29. The first-order valence-corrected chi connectivity index (χ1v) is 4.37. The van der Waals surface area contributed by atoms with Crippen molar-refractivity contribution in [2.75, 3.05) is 0 Å². The van der Waals surface area contributed by atoms with E-state index in [1.807, 2.05) is 12.2 Å². The van der Waals surface area contributed by atoms with E-state index >= 15 is 0 Å². The van der Waals surface area contributed by atoms with Crippen LogP contribution in [-0.2, 0) is 0 Å². The van der Waals surface area contributed by atoms with Crippen LogP contribution < -0.4 is 0 Å². The van der Waals surface area contributed by atoms with Gasteiger partial charge in [0.25, 0.3) is 0 Å². The van der Waals surface area contributed by atoms with Crippen molar-refractivity contribution < 1.29 is 0 Å². The smallest absolute Gasteiger partial charge is 0.0405 e. The lowest BCUT2D eigenvalue weighted by Gasteiger charge is -1.91. The third kappa shape index (κ3) is 3.43. The summed E-state index contributed by atoms with van der Waals surface area (Å²) in [5, 5.41) is 0.834. The standard InChI is InChI=1S/C10H13Cl/c1-9-6-4-2-3-5-7-10(11)8-9/h5-8H,2-4H2,1H3/b7-5+,9-6?,10-8?. The Kier molecular flexibility index (Phi) is 3.44. The lowest BCUT2D eigenvalue weighted by Crippen LogP contribution is -1.70. The highest BCUT2D eigenvalue weighted by Gasteiger charge is 1.91. The molecule has 0 bridgehead atoms. The minimum atomic E-state index is 0.834. The van der Waals surface area contributed by atoms with E-state index in [1.54, 1.807) is 0 Å². The van der Waals surface area contributed by atoms with Crippen molar-refractivity contribution in [2.45, 2.75) is 26.2 Å². The van der Waals surface area contributed by atoms with Gasteiger partial charge in [-0.25, -0.2) is 0 Å². The molecule has 1 heteroatoms. The average molecular weight is 169 g/mol. The van der Waals surface area contributed by atoms with Crippen LogP contribution in [-0.4, -0.2) is 0 Å². The molecule has 1 rings (SSSR count). The minimum absolute atomic E-state index is 0.834. The summed E-state index contributed by atoms with van der Waals surface area (Å²) in [5.41, 5.74) is 1.27. The molecule has 0 aliphatic heterocycles. The molecule has 0 aromatic rings. The van der Waals surface area contributed by atoms with E-state index in [0.717, 1.165) is 17.9 Å². The fourth-order valence-corrected chi connectivity index (χ4v) is 1.35. The van der Waals surface area contributed by atoms with Crippen LogP contribution in [0.25, 0.3) is 0 Å². The lowest BCUT2D eigenvalue weighted by atomic mass is 10.2. The Balaban J connectivity index is 2.74. The van der Waals surface area contributed by atoms with Gasteiger partial charge in [0, 0.05) is 5.03 Å². The normalized spacial score (nSPS) is 22.4. The van der Waals surface area contributed by atoms with Crippen molar-refractivity contribution in [3.05, 3.63) is 34.9 Å². The van der Waals surface area contributed by atoms with Crippen LogP contribution in [0, 0.1) is 0 Å². The van der Waals surface area contributed by atoms with E-state index in [2.05, 4.69) is 19.1 Å². The maximum absolute atomic E-state index is 5.89. The predicted molar refractivity (Wildman–Crippen MR) is 50.7 cm³/mol. The van der Waals surface area contributed by atoms with Gasteiger partial charge in [0.15, 0.2) is 0 Å². The van der Waals surface area contributed by atoms with Crippen LogP contribution in [0.15, 0.2) is 34.9 Å². The molecular weight excluding hydrogens is 156 g/mol. The zero-order chi connectivity index (χ0) is 8.10. The molecule has 0 saturated carbocycles.